The number of rotatable bonds is 6. The van der Waals surface area contributed by atoms with Crippen molar-refractivity contribution in [2.45, 2.75) is 0 Å². The van der Waals surface area contributed by atoms with E-state index in [9.17, 15) is 0 Å². The minimum absolute atomic E-state index is 0.639. The van der Waals surface area contributed by atoms with E-state index in [2.05, 4.69) is 149 Å². The zero-order chi connectivity index (χ0) is 38.9. The SMILES string of the molecule is c1ccc(-c2nc(-c3ccccc3)nc(-c3cccc(-c4ccc(-n5c6c(ccc7c6ccn7-c6ccccc6)c6ccc7sc8ccccc8c7c65)cc4)c3)n2)cc1. The van der Waals surface area contributed by atoms with Crippen LogP contribution in [-0.2, 0) is 0 Å². The third-order valence-corrected chi connectivity index (χ3v) is 12.5. The lowest BCUT2D eigenvalue weighted by molar-refractivity contribution is 1.07. The van der Waals surface area contributed by atoms with Gasteiger partial charge in [-0.2, -0.15) is 0 Å². The maximum Gasteiger partial charge on any atom is 0.164 e. The number of thiophene rings is 1. The van der Waals surface area contributed by atoms with Gasteiger partial charge in [0, 0.05) is 70.6 Å². The lowest BCUT2D eigenvalue weighted by atomic mass is 10.0. The van der Waals surface area contributed by atoms with Crippen LogP contribution in [0.4, 0.5) is 0 Å². The van der Waals surface area contributed by atoms with E-state index < -0.39 is 0 Å². The summed E-state index contributed by atoms with van der Waals surface area (Å²) in [5.41, 5.74) is 10.9. The van der Waals surface area contributed by atoms with Crippen molar-refractivity contribution in [2.24, 2.45) is 0 Å². The molecule has 0 aliphatic carbocycles. The molecule has 4 heterocycles. The number of para-hydroxylation sites is 1. The zero-order valence-electron chi connectivity index (χ0n) is 31.7. The van der Waals surface area contributed by atoms with Crippen molar-refractivity contribution in [2.75, 3.05) is 0 Å². The van der Waals surface area contributed by atoms with Gasteiger partial charge < -0.3 is 9.13 Å². The van der Waals surface area contributed by atoms with Crippen molar-refractivity contribution in [1.29, 1.82) is 0 Å². The van der Waals surface area contributed by atoms with Crippen LogP contribution < -0.4 is 0 Å². The Hall–Kier alpha value is -7.67. The molecule has 5 nitrogen and oxygen atoms in total. The first-order valence-corrected chi connectivity index (χ1v) is 20.6. The van der Waals surface area contributed by atoms with Gasteiger partial charge >= 0.3 is 0 Å². The Morgan fingerprint density at radius 2 is 0.949 bits per heavy atom. The second-order valence-electron chi connectivity index (χ2n) is 14.9. The van der Waals surface area contributed by atoms with Crippen LogP contribution in [-0.4, -0.2) is 24.1 Å². The fourth-order valence-corrected chi connectivity index (χ4v) is 9.78. The van der Waals surface area contributed by atoms with E-state index in [0.717, 1.165) is 39.2 Å². The number of aromatic nitrogens is 5. The summed E-state index contributed by atoms with van der Waals surface area (Å²) in [5, 5.41) is 6.31. The van der Waals surface area contributed by atoms with Crippen molar-refractivity contribution in [3.05, 3.63) is 200 Å². The molecule has 0 spiro atoms. The number of benzene rings is 8. The highest BCUT2D eigenvalue weighted by Crippen LogP contribution is 2.45. The molecule has 59 heavy (non-hydrogen) atoms. The lowest BCUT2D eigenvalue weighted by Gasteiger charge is -2.12. The molecule has 0 amide bonds. The average Bonchev–Trinajstić information content (AvgIpc) is 4.02. The molecular weight excluding hydrogens is 739 g/mol. The van der Waals surface area contributed by atoms with Crippen molar-refractivity contribution >= 4 is 64.2 Å². The summed E-state index contributed by atoms with van der Waals surface area (Å²) in [7, 11) is 0. The predicted octanol–water partition coefficient (Wildman–Crippen LogP) is 13.9. The molecule has 0 unspecified atom stereocenters. The van der Waals surface area contributed by atoms with Gasteiger partial charge in [0.05, 0.1) is 16.6 Å². The van der Waals surface area contributed by atoms with Crippen LogP contribution in [0.3, 0.4) is 0 Å². The molecule has 0 aliphatic rings. The van der Waals surface area contributed by atoms with Crippen molar-refractivity contribution in [1.82, 2.24) is 24.1 Å². The Labute approximate surface area is 343 Å². The molecule has 0 saturated heterocycles. The minimum Gasteiger partial charge on any atom is -0.316 e. The summed E-state index contributed by atoms with van der Waals surface area (Å²) >= 11 is 1.86. The van der Waals surface area contributed by atoms with Crippen LogP contribution in [0.1, 0.15) is 0 Å². The molecule has 276 valence electrons. The van der Waals surface area contributed by atoms with Crippen LogP contribution >= 0.6 is 11.3 Å². The molecule has 8 aromatic carbocycles. The molecular formula is C53H33N5S. The van der Waals surface area contributed by atoms with Crippen LogP contribution in [0.2, 0.25) is 0 Å². The van der Waals surface area contributed by atoms with Gasteiger partial charge in [0.15, 0.2) is 17.5 Å². The molecule has 0 atom stereocenters. The van der Waals surface area contributed by atoms with Gasteiger partial charge in [-0.15, -0.1) is 11.3 Å². The van der Waals surface area contributed by atoms with Crippen LogP contribution in [0.15, 0.2) is 200 Å². The first-order valence-electron chi connectivity index (χ1n) is 19.8. The van der Waals surface area contributed by atoms with Gasteiger partial charge in [-0.3, -0.25) is 0 Å². The Morgan fingerprint density at radius 3 is 1.68 bits per heavy atom. The molecule has 0 radical (unpaired) electrons. The average molecular weight is 772 g/mol. The molecule has 6 heteroatoms. The highest BCUT2D eigenvalue weighted by atomic mass is 32.1. The van der Waals surface area contributed by atoms with Crippen molar-refractivity contribution in [3.63, 3.8) is 0 Å². The molecule has 0 saturated carbocycles. The minimum atomic E-state index is 0.639. The van der Waals surface area contributed by atoms with Crippen molar-refractivity contribution < 1.29 is 0 Å². The number of nitrogens with zero attached hydrogens (tertiary/aromatic N) is 5. The van der Waals surface area contributed by atoms with Gasteiger partial charge in [0.1, 0.15) is 0 Å². The molecule has 0 fully saturated rings. The highest BCUT2D eigenvalue weighted by Gasteiger charge is 2.21. The topological polar surface area (TPSA) is 48.5 Å². The summed E-state index contributed by atoms with van der Waals surface area (Å²) in [4.78, 5) is 14.9. The summed E-state index contributed by atoms with van der Waals surface area (Å²) in [6.45, 7) is 0. The standard InChI is InChI=1S/C53H33N5S/c1-4-13-35(14-5-1)51-54-52(36-15-6-2-7-16-36)56-53(55-51)38-18-12-17-37(33-38)34-23-25-40(26-24-34)58-49-41(27-29-45-43(49)31-32-57(45)39-19-8-3-9-20-39)42-28-30-47-48(50(42)58)44-21-10-11-22-46(44)59-47/h1-33H. The van der Waals surface area contributed by atoms with Crippen LogP contribution in [0.25, 0.3) is 110 Å². The Kier molecular flexibility index (Phi) is 7.64. The fourth-order valence-electron chi connectivity index (χ4n) is 8.67. The normalized spacial score (nSPS) is 11.7. The summed E-state index contributed by atoms with van der Waals surface area (Å²) in [6, 6.07) is 68.6. The molecule has 0 N–H and O–H groups in total. The Bertz CT molecular complexity index is 3470. The largest absolute Gasteiger partial charge is 0.316 e. The molecule has 4 aromatic heterocycles. The van der Waals surface area contributed by atoms with E-state index in [1.165, 1.54) is 52.9 Å². The first-order chi connectivity index (χ1) is 29.2. The molecule has 12 rings (SSSR count). The Balaban J connectivity index is 1.03. The second-order valence-corrected chi connectivity index (χ2v) is 15.9. The van der Waals surface area contributed by atoms with Gasteiger partial charge in [-0.05, 0) is 65.7 Å². The van der Waals surface area contributed by atoms with E-state index in [1.807, 2.05) is 72.0 Å². The number of fused-ring (bicyclic) bond motifs is 9. The summed E-state index contributed by atoms with van der Waals surface area (Å²) in [6.07, 6.45) is 2.20. The van der Waals surface area contributed by atoms with Gasteiger partial charge in [-0.1, -0.05) is 140 Å². The first kappa shape index (κ1) is 33.5. The van der Waals surface area contributed by atoms with Gasteiger partial charge in [-0.25, -0.2) is 15.0 Å². The summed E-state index contributed by atoms with van der Waals surface area (Å²) in [5.74, 6) is 1.94. The molecule has 0 bridgehead atoms. The predicted molar refractivity (Wildman–Crippen MR) is 246 cm³/mol. The van der Waals surface area contributed by atoms with Gasteiger partial charge in [0.25, 0.3) is 0 Å². The summed E-state index contributed by atoms with van der Waals surface area (Å²) < 4.78 is 7.39. The second kappa shape index (κ2) is 13.5. The van der Waals surface area contributed by atoms with E-state index >= 15 is 0 Å². The van der Waals surface area contributed by atoms with Crippen molar-refractivity contribution in [3.8, 4) is 56.7 Å². The number of hydrogen-bond acceptors (Lipinski definition) is 4. The third-order valence-electron chi connectivity index (χ3n) is 11.4. The van der Waals surface area contributed by atoms with Crippen LogP contribution in [0, 0.1) is 0 Å². The molecule has 12 aromatic rings. The van der Waals surface area contributed by atoms with E-state index in [-0.39, 0.29) is 0 Å². The fraction of sp³-hybridized carbons (Fsp3) is 0. The van der Waals surface area contributed by atoms with E-state index in [1.54, 1.807) is 0 Å². The Morgan fingerprint density at radius 1 is 0.356 bits per heavy atom. The monoisotopic (exact) mass is 771 g/mol. The zero-order valence-corrected chi connectivity index (χ0v) is 32.5. The smallest absolute Gasteiger partial charge is 0.164 e. The maximum absolute atomic E-state index is 5.00. The molecule has 0 aliphatic heterocycles. The highest BCUT2D eigenvalue weighted by molar-refractivity contribution is 7.26. The third kappa shape index (κ3) is 5.49. The van der Waals surface area contributed by atoms with E-state index in [4.69, 9.17) is 15.0 Å². The quantitative estimate of drug-likeness (QED) is 0.169. The maximum atomic E-state index is 5.00. The van der Waals surface area contributed by atoms with Gasteiger partial charge in [0.2, 0.25) is 0 Å². The van der Waals surface area contributed by atoms with Crippen LogP contribution in [0.5, 0.6) is 0 Å². The number of hydrogen-bond donors (Lipinski definition) is 0. The van der Waals surface area contributed by atoms with E-state index in [0.29, 0.717) is 17.5 Å². The lowest BCUT2D eigenvalue weighted by Crippen LogP contribution is -2.00.